The maximum Gasteiger partial charge on any atom is 0.129 e. The fourth-order valence-corrected chi connectivity index (χ4v) is 2.52. The second-order valence-electron chi connectivity index (χ2n) is 4.95. The van der Waals surface area contributed by atoms with Crippen LogP contribution in [0.1, 0.15) is 24.8 Å². The number of halogens is 1. The summed E-state index contributed by atoms with van der Waals surface area (Å²) in [4.78, 5) is 2.46. The van der Waals surface area contributed by atoms with Gasteiger partial charge in [0, 0.05) is 6.04 Å². The standard InChI is InChI=1S/C14H19FN2OS/c1-17-7-3-2-4-11(17)9-18-13-6-5-10(15)8-12(13)14(16)19/h5-6,8,11H,2-4,7,9H2,1H3,(H2,16,19). The summed E-state index contributed by atoms with van der Waals surface area (Å²) in [5, 5.41) is 0. The second kappa shape index (κ2) is 6.30. The van der Waals surface area contributed by atoms with Gasteiger partial charge in [0.1, 0.15) is 23.2 Å². The van der Waals surface area contributed by atoms with Gasteiger partial charge >= 0.3 is 0 Å². The van der Waals surface area contributed by atoms with E-state index in [-0.39, 0.29) is 10.8 Å². The predicted octanol–water partition coefficient (Wildman–Crippen LogP) is 2.32. The Bertz CT molecular complexity index is 467. The number of ether oxygens (including phenoxy) is 1. The van der Waals surface area contributed by atoms with Gasteiger partial charge < -0.3 is 15.4 Å². The molecule has 1 atom stereocenters. The molecule has 1 saturated heterocycles. The third kappa shape index (κ3) is 3.64. The minimum absolute atomic E-state index is 0.159. The summed E-state index contributed by atoms with van der Waals surface area (Å²) in [6, 6.07) is 4.68. The predicted molar refractivity (Wildman–Crippen MR) is 78.1 cm³/mol. The summed E-state index contributed by atoms with van der Waals surface area (Å²) in [5.41, 5.74) is 6.06. The smallest absolute Gasteiger partial charge is 0.129 e. The zero-order valence-corrected chi connectivity index (χ0v) is 11.9. The van der Waals surface area contributed by atoms with E-state index in [1.807, 2.05) is 0 Å². The van der Waals surface area contributed by atoms with Crippen LogP contribution in [0.4, 0.5) is 4.39 Å². The van der Waals surface area contributed by atoms with E-state index in [9.17, 15) is 4.39 Å². The Morgan fingerprint density at radius 1 is 1.53 bits per heavy atom. The van der Waals surface area contributed by atoms with E-state index >= 15 is 0 Å². The van der Waals surface area contributed by atoms with E-state index in [1.165, 1.54) is 25.0 Å². The molecule has 1 fully saturated rings. The van der Waals surface area contributed by atoms with Crippen LogP contribution in [0.2, 0.25) is 0 Å². The molecule has 1 heterocycles. The van der Waals surface area contributed by atoms with Gasteiger partial charge in [0.15, 0.2) is 0 Å². The van der Waals surface area contributed by atoms with Gasteiger partial charge in [-0.05, 0) is 44.6 Å². The minimum atomic E-state index is -0.357. The molecular formula is C14H19FN2OS. The van der Waals surface area contributed by atoms with Crippen molar-refractivity contribution in [3.8, 4) is 5.75 Å². The lowest BCUT2D eigenvalue weighted by molar-refractivity contribution is 0.125. The van der Waals surface area contributed by atoms with Crippen LogP contribution in [0.3, 0.4) is 0 Å². The number of likely N-dealkylation sites (tertiary alicyclic amines) is 1. The first-order valence-electron chi connectivity index (χ1n) is 6.50. The average Bonchev–Trinajstić information content (AvgIpc) is 2.38. The number of hydrogen-bond donors (Lipinski definition) is 1. The van der Waals surface area contributed by atoms with Gasteiger partial charge in [-0.1, -0.05) is 18.6 Å². The van der Waals surface area contributed by atoms with Gasteiger partial charge in [0.25, 0.3) is 0 Å². The average molecular weight is 282 g/mol. The quantitative estimate of drug-likeness (QED) is 0.860. The number of likely N-dealkylation sites (N-methyl/N-ethyl adjacent to an activating group) is 1. The minimum Gasteiger partial charge on any atom is -0.491 e. The Balaban J connectivity index is 2.04. The molecule has 2 N–H and O–H groups in total. The number of thiocarbonyl (C=S) groups is 1. The number of piperidine rings is 1. The molecule has 1 aromatic carbocycles. The van der Waals surface area contributed by atoms with Crippen molar-refractivity contribution in [3.05, 3.63) is 29.6 Å². The van der Waals surface area contributed by atoms with Crippen molar-refractivity contribution in [1.82, 2.24) is 4.90 Å². The largest absolute Gasteiger partial charge is 0.491 e. The van der Waals surface area contributed by atoms with Gasteiger partial charge in [0.05, 0.1) is 5.56 Å². The zero-order chi connectivity index (χ0) is 13.8. The van der Waals surface area contributed by atoms with Crippen LogP contribution in [0.25, 0.3) is 0 Å². The SMILES string of the molecule is CN1CCCCC1COc1ccc(F)cc1C(N)=S. The van der Waals surface area contributed by atoms with Gasteiger partial charge in [-0.2, -0.15) is 0 Å². The van der Waals surface area contributed by atoms with Crippen molar-refractivity contribution in [3.63, 3.8) is 0 Å². The lowest BCUT2D eigenvalue weighted by Gasteiger charge is -2.32. The van der Waals surface area contributed by atoms with Crippen LogP contribution in [0.15, 0.2) is 18.2 Å². The molecule has 5 heteroatoms. The Hall–Kier alpha value is -1.20. The molecule has 3 nitrogen and oxygen atoms in total. The van der Waals surface area contributed by atoms with Crippen molar-refractivity contribution < 1.29 is 9.13 Å². The molecule has 0 spiro atoms. The Kier molecular flexibility index (Phi) is 4.71. The lowest BCUT2D eigenvalue weighted by Crippen LogP contribution is -2.40. The zero-order valence-electron chi connectivity index (χ0n) is 11.1. The first-order chi connectivity index (χ1) is 9.08. The van der Waals surface area contributed by atoms with Crippen LogP contribution in [-0.2, 0) is 0 Å². The molecule has 19 heavy (non-hydrogen) atoms. The Morgan fingerprint density at radius 2 is 2.32 bits per heavy atom. The molecular weight excluding hydrogens is 263 g/mol. The summed E-state index contributed by atoms with van der Waals surface area (Å²) in [6.45, 7) is 1.68. The monoisotopic (exact) mass is 282 g/mol. The molecule has 0 aliphatic carbocycles. The van der Waals surface area contributed by atoms with Crippen LogP contribution in [-0.4, -0.2) is 36.1 Å². The first kappa shape index (κ1) is 14.2. The number of hydrogen-bond acceptors (Lipinski definition) is 3. The van der Waals surface area contributed by atoms with E-state index in [0.29, 0.717) is 24.0 Å². The molecule has 104 valence electrons. The highest BCUT2D eigenvalue weighted by atomic mass is 32.1. The number of benzene rings is 1. The molecule has 0 amide bonds. The Morgan fingerprint density at radius 3 is 3.00 bits per heavy atom. The summed E-state index contributed by atoms with van der Waals surface area (Å²) in [6.07, 6.45) is 3.59. The molecule has 1 aliphatic rings. The third-order valence-corrected chi connectivity index (χ3v) is 3.78. The van der Waals surface area contributed by atoms with E-state index in [1.54, 1.807) is 6.07 Å². The maximum absolute atomic E-state index is 13.2. The summed E-state index contributed by atoms with van der Waals surface area (Å²) < 4.78 is 19.0. The van der Waals surface area contributed by atoms with Gasteiger partial charge in [-0.3, -0.25) is 0 Å². The maximum atomic E-state index is 13.2. The van der Waals surface area contributed by atoms with Crippen molar-refractivity contribution in [1.29, 1.82) is 0 Å². The molecule has 0 bridgehead atoms. The van der Waals surface area contributed by atoms with Crippen molar-refractivity contribution in [2.24, 2.45) is 5.73 Å². The summed E-state index contributed by atoms with van der Waals surface area (Å²) in [7, 11) is 2.10. The molecule has 0 aromatic heterocycles. The number of nitrogens with two attached hydrogens (primary N) is 1. The Labute approximate surface area is 118 Å². The molecule has 1 aliphatic heterocycles. The van der Waals surface area contributed by atoms with E-state index in [0.717, 1.165) is 13.0 Å². The fourth-order valence-electron chi connectivity index (χ4n) is 2.36. The third-order valence-electron chi connectivity index (χ3n) is 3.56. The molecule has 2 rings (SSSR count). The lowest BCUT2D eigenvalue weighted by atomic mass is 10.0. The highest BCUT2D eigenvalue weighted by Gasteiger charge is 2.20. The van der Waals surface area contributed by atoms with Crippen LogP contribution in [0.5, 0.6) is 5.75 Å². The fraction of sp³-hybridized carbons (Fsp3) is 0.500. The first-order valence-corrected chi connectivity index (χ1v) is 6.91. The molecule has 0 radical (unpaired) electrons. The topological polar surface area (TPSA) is 38.5 Å². The van der Waals surface area contributed by atoms with Crippen LogP contribution >= 0.6 is 12.2 Å². The highest BCUT2D eigenvalue weighted by Crippen LogP contribution is 2.22. The molecule has 1 unspecified atom stereocenters. The molecule has 1 aromatic rings. The van der Waals surface area contributed by atoms with Gasteiger partial charge in [0.2, 0.25) is 0 Å². The van der Waals surface area contributed by atoms with E-state index < -0.39 is 0 Å². The normalized spacial score (nSPS) is 20.2. The van der Waals surface area contributed by atoms with Crippen molar-refractivity contribution >= 4 is 17.2 Å². The van der Waals surface area contributed by atoms with Gasteiger partial charge in [-0.25, -0.2) is 4.39 Å². The van der Waals surface area contributed by atoms with Crippen LogP contribution in [0, 0.1) is 5.82 Å². The van der Waals surface area contributed by atoms with Crippen molar-refractivity contribution in [2.75, 3.05) is 20.2 Å². The summed E-state index contributed by atoms with van der Waals surface area (Å²) >= 11 is 4.92. The van der Waals surface area contributed by atoms with Crippen LogP contribution < -0.4 is 10.5 Å². The number of rotatable bonds is 4. The van der Waals surface area contributed by atoms with Gasteiger partial charge in [-0.15, -0.1) is 0 Å². The highest BCUT2D eigenvalue weighted by molar-refractivity contribution is 7.80. The second-order valence-corrected chi connectivity index (χ2v) is 5.39. The van der Waals surface area contributed by atoms with E-state index in [2.05, 4.69) is 11.9 Å². The number of nitrogens with zero attached hydrogens (tertiary/aromatic N) is 1. The molecule has 0 saturated carbocycles. The van der Waals surface area contributed by atoms with Crippen molar-refractivity contribution in [2.45, 2.75) is 25.3 Å². The van der Waals surface area contributed by atoms with E-state index in [4.69, 9.17) is 22.7 Å². The summed E-state index contributed by atoms with van der Waals surface area (Å²) in [5.74, 6) is 0.206.